The number of nitrogens with zero attached hydrogens (tertiary/aromatic N) is 3. The summed E-state index contributed by atoms with van der Waals surface area (Å²) in [6.07, 6.45) is 1.27. The van der Waals surface area contributed by atoms with Gasteiger partial charge in [0.05, 0.1) is 11.5 Å². The number of pyridine rings is 1. The van der Waals surface area contributed by atoms with Crippen molar-refractivity contribution >= 4 is 22.8 Å². The number of hydrogen-bond acceptors (Lipinski definition) is 6. The fourth-order valence-corrected chi connectivity index (χ4v) is 2.20. The molecule has 94 valence electrons. The molecule has 0 atom stereocenters. The third-order valence-electron chi connectivity index (χ3n) is 2.37. The highest BCUT2D eigenvalue weighted by Gasteiger charge is 2.11. The number of aromatic nitrogens is 2. The van der Waals surface area contributed by atoms with E-state index >= 15 is 0 Å². The van der Waals surface area contributed by atoms with Crippen LogP contribution in [-0.2, 0) is 6.54 Å². The maximum absolute atomic E-state index is 10.7. The zero-order valence-corrected chi connectivity index (χ0v) is 10.8. The Balaban J connectivity index is 2.06. The first-order chi connectivity index (χ1) is 8.56. The summed E-state index contributed by atoms with van der Waals surface area (Å²) in [6, 6.07) is 1.67. The van der Waals surface area contributed by atoms with E-state index in [0.717, 1.165) is 10.7 Å². The molecule has 7 heteroatoms. The summed E-state index contributed by atoms with van der Waals surface area (Å²) in [5, 5.41) is 16.7. The van der Waals surface area contributed by atoms with Crippen molar-refractivity contribution in [2.45, 2.75) is 20.4 Å². The number of hydrogen-bond donors (Lipinski definition) is 1. The molecule has 0 spiro atoms. The lowest BCUT2D eigenvalue weighted by Crippen LogP contribution is -2.02. The summed E-state index contributed by atoms with van der Waals surface area (Å²) >= 11 is 1.57. The first kappa shape index (κ1) is 12.4. The molecule has 2 aromatic rings. The van der Waals surface area contributed by atoms with Crippen LogP contribution in [0.5, 0.6) is 0 Å². The summed E-state index contributed by atoms with van der Waals surface area (Å²) < 4.78 is 0. The van der Waals surface area contributed by atoms with E-state index in [9.17, 15) is 10.1 Å². The van der Waals surface area contributed by atoms with E-state index in [1.807, 2.05) is 12.3 Å². The Bertz CT molecular complexity index is 582. The van der Waals surface area contributed by atoms with Gasteiger partial charge in [0, 0.05) is 16.6 Å². The van der Waals surface area contributed by atoms with Crippen LogP contribution in [-0.4, -0.2) is 14.9 Å². The molecule has 0 aliphatic heterocycles. The molecule has 0 fully saturated rings. The smallest absolute Gasteiger partial charge is 0.290 e. The van der Waals surface area contributed by atoms with E-state index in [1.165, 1.54) is 6.20 Å². The van der Waals surface area contributed by atoms with Crippen LogP contribution in [0.4, 0.5) is 11.5 Å². The number of rotatable bonds is 4. The van der Waals surface area contributed by atoms with Gasteiger partial charge in [-0.3, -0.25) is 10.1 Å². The molecule has 6 nitrogen and oxygen atoms in total. The topological polar surface area (TPSA) is 81.0 Å². The highest BCUT2D eigenvalue weighted by molar-refractivity contribution is 7.09. The van der Waals surface area contributed by atoms with E-state index in [0.29, 0.717) is 17.9 Å². The summed E-state index contributed by atoms with van der Waals surface area (Å²) in [6.45, 7) is 4.20. The number of thiazole rings is 1. The van der Waals surface area contributed by atoms with Gasteiger partial charge in [0.25, 0.3) is 5.69 Å². The van der Waals surface area contributed by atoms with Crippen molar-refractivity contribution in [3.05, 3.63) is 44.0 Å². The van der Waals surface area contributed by atoms with Crippen molar-refractivity contribution in [3.63, 3.8) is 0 Å². The predicted molar refractivity (Wildman–Crippen MR) is 69.8 cm³/mol. The Kier molecular flexibility index (Phi) is 3.52. The maximum atomic E-state index is 10.7. The Morgan fingerprint density at radius 1 is 1.50 bits per heavy atom. The number of nitrogens with one attached hydrogen (secondary N) is 1. The summed E-state index contributed by atoms with van der Waals surface area (Å²) in [7, 11) is 0. The molecule has 0 saturated carbocycles. The van der Waals surface area contributed by atoms with Crippen LogP contribution in [0, 0.1) is 24.0 Å². The van der Waals surface area contributed by atoms with Crippen molar-refractivity contribution in [3.8, 4) is 0 Å². The Hall–Kier alpha value is -2.02. The predicted octanol–water partition coefficient (Wildman–Crippen LogP) is 2.68. The third kappa shape index (κ3) is 2.80. The molecule has 2 rings (SSSR count). The quantitative estimate of drug-likeness (QED) is 0.678. The normalized spacial score (nSPS) is 10.3. The van der Waals surface area contributed by atoms with Crippen LogP contribution in [0.1, 0.15) is 16.3 Å². The number of aryl methyl sites for hydroxylation is 2. The largest absolute Gasteiger partial charge is 0.364 e. The minimum Gasteiger partial charge on any atom is -0.364 e. The summed E-state index contributed by atoms with van der Waals surface area (Å²) in [5.74, 6) is 0.617. The molecule has 0 aromatic carbocycles. The molecular weight excluding hydrogens is 252 g/mol. The molecule has 0 bridgehead atoms. The molecule has 0 unspecified atom stereocenters. The minimum absolute atomic E-state index is 0.0330. The van der Waals surface area contributed by atoms with Gasteiger partial charge in [-0.25, -0.2) is 9.97 Å². The lowest BCUT2D eigenvalue weighted by molar-refractivity contribution is -0.385. The molecule has 0 aliphatic rings. The van der Waals surface area contributed by atoms with Crippen LogP contribution in [0.2, 0.25) is 0 Å². The number of anilines is 1. The average Bonchev–Trinajstić information content (AvgIpc) is 2.72. The summed E-state index contributed by atoms with van der Waals surface area (Å²) in [4.78, 5) is 18.5. The van der Waals surface area contributed by atoms with Crippen LogP contribution in [0.25, 0.3) is 0 Å². The van der Waals surface area contributed by atoms with Gasteiger partial charge in [0.1, 0.15) is 17.0 Å². The maximum Gasteiger partial charge on any atom is 0.290 e. The second kappa shape index (κ2) is 5.09. The van der Waals surface area contributed by atoms with E-state index in [4.69, 9.17) is 0 Å². The van der Waals surface area contributed by atoms with Crippen LogP contribution >= 0.6 is 11.3 Å². The van der Waals surface area contributed by atoms with E-state index in [1.54, 1.807) is 24.3 Å². The molecular formula is C11H12N4O2S. The van der Waals surface area contributed by atoms with Gasteiger partial charge < -0.3 is 5.32 Å². The van der Waals surface area contributed by atoms with E-state index in [2.05, 4.69) is 15.3 Å². The molecule has 1 N–H and O–H groups in total. The average molecular weight is 264 g/mol. The van der Waals surface area contributed by atoms with E-state index in [-0.39, 0.29) is 5.69 Å². The molecule has 0 amide bonds. The van der Waals surface area contributed by atoms with Crippen LogP contribution in [0.3, 0.4) is 0 Å². The molecule has 18 heavy (non-hydrogen) atoms. The van der Waals surface area contributed by atoms with Gasteiger partial charge in [-0.2, -0.15) is 0 Å². The second-order valence-electron chi connectivity index (χ2n) is 3.85. The standard InChI is InChI=1S/C11H12N4O2S/c1-7-3-10(12-4-9(7)15(16)17)13-5-11-14-8(2)6-18-11/h3-4,6H,5H2,1-2H3,(H,12,13). The summed E-state index contributed by atoms with van der Waals surface area (Å²) in [5.41, 5.74) is 1.61. The van der Waals surface area contributed by atoms with Gasteiger partial charge in [-0.15, -0.1) is 11.3 Å². The minimum atomic E-state index is -0.434. The Morgan fingerprint density at radius 3 is 2.83 bits per heavy atom. The van der Waals surface area contributed by atoms with Crippen molar-refractivity contribution in [1.82, 2.24) is 9.97 Å². The van der Waals surface area contributed by atoms with Gasteiger partial charge in [0.2, 0.25) is 0 Å². The van der Waals surface area contributed by atoms with Gasteiger partial charge in [-0.1, -0.05) is 0 Å². The van der Waals surface area contributed by atoms with E-state index < -0.39 is 4.92 Å². The highest BCUT2D eigenvalue weighted by atomic mass is 32.1. The first-order valence-electron chi connectivity index (χ1n) is 5.32. The van der Waals surface area contributed by atoms with Gasteiger partial charge in [0.15, 0.2) is 0 Å². The van der Waals surface area contributed by atoms with Crippen molar-refractivity contribution in [2.75, 3.05) is 5.32 Å². The second-order valence-corrected chi connectivity index (χ2v) is 4.79. The zero-order chi connectivity index (χ0) is 13.1. The van der Waals surface area contributed by atoms with Crippen molar-refractivity contribution in [2.24, 2.45) is 0 Å². The van der Waals surface area contributed by atoms with Crippen molar-refractivity contribution in [1.29, 1.82) is 0 Å². The lowest BCUT2D eigenvalue weighted by atomic mass is 10.2. The lowest BCUT2D eigenvalue weighted by Gasteiger charge is -2.04. The SMILES string of the molecule is Cc1csc(CNc2cc(C)c([N+](=O)[O-])cn2)n1. The zero-order valence-electron chi connectivity index (χ0n) is 10.0. The molecule has 0 radical (unpaired) electrons. The number of nitro groups is 1. The molecule has 0 aliphatic carbocycles. The highest BCUT2D eigenvalue weighted by Crippen LogP contribution is 2.19. The Labute approximate surface area is 108 Å². The van der Waals surface area contributed by atoms with Gasteiger partial charge >= 0.3 is 0 Å². The van der Waals surface area contributed by atoms with Crippen LogP contribution < -0.4 is 5.32 Å². The fourth-order valence-electron chi connectivity index (χ4n) is 1.49. The molecule has 0 saturated heterocycles. The van der Waals surface area contributed by atoms with Crippen LogP contribution in [0.15, 0.2) is 17.6 Å². The molecule has 2 aromatic heterocycles. The Morgan fingerprint density at radius 2 is 2.28 bits per heavy atom. The van der Waals surface area contributed by atoms with Gasteiger partial charge in [-0.05, 0) is 19.9 Å². The van der Waals surface area contributed by atoms with Crippen molar-refractivity contribution < 1.29 is 4.92 Å². The first-order valence-corrected chi connectivity index (χ1v) is 6.20. The molecule has 2 heterocycles. The fraction of sp³-hybridized carbons (Fsp3) is 0.273. The third-order valence-corrected chi connectivity index (χ3v) is 3.33. The monoisotopic (exact) mass is 264 g/mol.